The van der Waals surface area contributed by atoms with Crippen LogP contribution in [0.4, 0.5) is 4.39 Å². The van der Waals surface area contributed by atoms with Gasteiger partial charge in [-0.25, -0.2) is 4.39 Å². The minimum Gasteiger partial charge on any atom is -0.492 e. The van der Waals surface area contributed by atoms with Gasteiger partial charge in [-0.05, 0) is 72.4 Å². The van der Waals surface area contributed by atoms with Crippen LogP contribution in [0.2, 0.25) is 0 Å². The normalized spacial score (nSPS) is 16.5. The van der Waals surface area contributed by atoms with E-state index in [0.717, 1.165) is 46.6 Å². The third kappa shape index (κ3) is 3.60. The van der Waals surface area contributed by atoms with Gasteiger partial charge >= 0.3 is 0 Å². The van der Waals surface area contributed by atoms with Gasteiger partial charge in [-0.15, -0.1) is 0 Å². The van der Waals surface area contributed by atoms with Crippen molar-refractivity contribution in [1.82, 2.24) is 14.5 Å². The number of pyridine rings is 1. The number of ether oxygens (including phenoxy) is 1. The van der Waals surface area contributed by atoms with Crippen LogP contribution in [0.25, 0.3) is 16.6 Å². The molecular formula is C26H24FN3O2. The largest absolute Gasteiger partial charge is 0.492 e. The molecule has 3 heterocycles. The lowest BCUT2D eigenvalue weighted by Crippen LogP contribution is -2.25. The smallest absolute Gasteiger partial charge is 0.248 e. The van der Waals surface area contributed by atoms with E-state index < -0.39 is 0 Å². The summed E-state index contributed by atoms with van der Waals surface area (Å²) < 4.78 is 22.1. The number of rotatable bonds is 4. The van der Waals surface area contributed by atoms with Gasteiger partial charge in [0.15, 0.2) is 0 Å². The van der Waals surface area contributed by atoms with Crippen LogP contribution in [0.15, 0.2) is 65.7 Å². The molecule has 0 unspecified atom stereocenters. The summed E-state index contributed by atoms with van der Waals surface area (Å²) in [5.41, 5.74) is 5.42. The molecule has 0 spiro atoms. The van der Waals surface area contributed by atoms with Gasteiger partial charge in [0, 0.05) is 54.7 Å². The number of hydrogen-bond donors (Lipinski definition) is 1. The van der Waals surface area contributed by atoms with Crippen molar-refractivity contribution in [3.05, 3.63) is 93.8 Å². The molecule has 2 aliphatic rings. The lowest BCUT2D eigenvalue weighted by Gasteiger charge is -2.20. The lowest BCUT2D eigenvalue weighted by molar-refractivity contribution is 0.219. The fourth-order valence-electron chi connectivity index (χ4n) is 4.74. The molecule has 0 bridgehead atoms. The molecule has 0 saturated heterocycles. The fourth-order valence-corrected chi connectivity index (χ4v) is 4.74. The molecule has 6 heteroatoms. The molecule has 1 saturated carbocycles. The topological polar surface area (TPSA) is 50.3 Å². The van der Waals surface area contributed by atoms with E-state index in [1.54, 1.807) is 18.3 Å². The summed E-state index contributed by atoms with van der Waals surface area (Å²) in [7, 11) is 0. The third-order valence-electron chi connectivity index (χ3n) is 6.42. The first-order valence-corrected chi connectivity index (χ1v) is 11.1. The van der Waals surface area contributed by atoms with E-state index >= 15 is 0 Å². The maximum Gasteiger partial charge on any atom is 0.248 e. The summed E-state index contributed by atoms with van der Waals surface area (Å²) in [4.78, 5) is 16.7. The van der Waals surface area contributed by atoms with E-state index in [1.807, 2.05) is 24.4 Å². The molecule has 0 radical (unpaired) electrons. The Morgan fingerprint density at radius 1 is 1.09 bits per heavy atom. The van der Waals surface area contributed by atoms with Crippen LogP contribution in [0.3, 0.4) is 0 Å². The van der Waals surface area contributed by atoms with Crippen molar-refractivity contribution >= 4 is 10.9 Å². The Morgan fingerprint density at radius 2 is 2.00 bits per heavy atom. The van der Waals surface area contributed by atoms with Crippen LogP contribution in [0, 0.1) is 5.82 Å². The van der Waals surface area contributed by atoms with Gasteiger partial charge in [0.1, 0.15) is 18.2 Å². The SMILES string of the molecule is O=c1cc(CN2CCOc3c(cc(-n4ccc5cc(F)ccc54)cc3C3CC3)C2)cc[nH]1. The molecule has 0 atom stereocenters. The molecule has 1 aliphatic carbocycles. The van der Waals surface area contributed by atoms with Crippen LogP contribution >= 0.6 is 0 Å². The van der Waals surface area contributed by atoms with Gasteiger partial charge in [0.25, 0.3) is 0 Å². The minimum absolute atomic E-state index is 0.0804. The van der Waals surface area contributed by atoms with Crippen molar-refractivity contribution in [2.75, 3.05) is 13.2 Å². The van der Waals surface area contributed by atoms with Crippen LogP contribution in [0.1, 0.15) is 35.4 Å². The first-order valence-electron chi connectivity index (χ1n) is 11.1. The summed E-state index contributed by atoms with van der Waals surface area (Å²) in [6, 6.07) is 14.9. The lowest BCUT2D eigenvalue weighted by atomic mass is 10.0. The quantitative estimate of drug-likeness (QED) is 0.510. The maximum absolute atomic E-state index is 13.7. The molecule has 4 aromatic rings. The monoisotopic (exact) mass is 429 g/mol. The third-order valence-corrected chi connectivity index (χ3v) is 6.42. The van der Waals surface area contributed by atoms with E-state index in [1.165, 1.54) is 24.5 Å². The van der Waals surface area contributed by atoms with Gasteiger partial charge < -0.3 is 14.3 Å². The van der Waals surface area contributed by atoms with Crippen LogP contribution in [-0.4, -0.2) is 27.6 Å². The van der Waals surface area contributed by atoms with Gasteiger partial charge in [0.05, 0.1) is 5.52 Å². The number of aromatic nitrogens is 2. The number of nitrogens with one attached hydrogen (secondary N) is 1. The van der Waals surface area contributed by atoms with Gasteiger partial charge in [-0.3, -0.25) is 9.69 Å². The highest BCUT2D eigenvalue weighted by atomic mass is 19.1. The van der Waals surface area contributed by atoms with Crippen molar-refractivity contribution in [2.24, 2.45) is 0 Å². The zero-order chi connectivity index (χ0) is 21.7. The van der Waals surface area contributed by atoms with Crippen molar-refractivity contribution in [1.29, 1.82) is 0 Å². The van der Waals surface area contributed by atoms with E-state index in [0.29, 0.717) is 19.1 Å². The number of hydrogen-bond acceptors (Lipinski definition) is 3. The molecule has 1 aliphatic heterocycles. The first-order chi connectivity index (χ1) is 15.6. The van der Waals surface area contributed by atoms with Crippen LogP contribution in [0.5, 0.6) is 5.75 Å². The molecule has 162 valence electrons. The van der Waals surface area contributed by atoms with E-state index in [2.05, 4.69) is 26.6 Å². The van der Waals surface area contributed by atoms with Crippen molar-refractivity contribution in [3.63, 3.8) is 0 Å². The second kappa shape index (κ2) is 7.64. The van der Waals surface area contributed by atoms with Gasteiger partial charge in [-0.1, -0.05) is 0 Å². The van der Waals surface area contributed by atoms with E-state index in [4.69, 9.17) is 4.74 Å². The molecule has 1 fully saturated rings. The highest BCUT2D eigenvalue weighted by molar-refractivity contribution is 5.82. The highest BCUT2D eigenvalue weighted by Gasteiger charge is 2.30. The number of benzene rings is 2. The first kappa shape index (κ1) is 19.3. The zero-order valence-electron chi connectivity index (χ0n) is 17.7. The van der Waals surface area contributed by atoms with Crippen molar-refractivity contribution in [3.8, 4) is 11.4 Å². The second-order valence-electron chi connectivity index (χ2n) is 8.81. The summed E-state index contributed by atoms with van der Waals surface area (Å²) in [5.74, 6) is 1.34. The Morgan fingerprint density at radius 3 is 2.84 bits per heavy atom. The predicted molar refractivity (Wildman–Crippen MR) is 122 cm³/mol. The van der Waals surface area contributed by atoms with Crippen molar-refractivity contribution in [2.45, 2.75) is 31.8 Å². The number of aromatic amines is 1. The van der Waals surface area contributed by atoms with Gasteiger partial charge in [-0.2, -0.15) is 0 Å². The number of nitrogens with zero attached hydrogens (tertiary/aromatic N) is 2. The standard InChI is InChI=1S/C26H24FN3O2/c27-21-3-4-24-19(12-21)6-8-30(24)22-13-20-16-29(15-17-5-7-28-25(31)11-17)9-10-32-26(20)23(14-22)18-1-2-18/h3-8,11-14,18H,1-2,9-10,15-16H2,(H,28,31). The molecule has 1 N–H and O–H groups in total. The Kier molecular flexibility index (Phi) is 4.61. The predicted octanol–water partition coefficient (Wildman–Crippen LogP) is 4.73. The molecule has 0 amide bonds. The zero-order valence-corrected chi connectivity index (χ0v) is 17.7. The summed E-state index contributed by atoms with van der Waals surface area (Å²) in [5, 5.41) is 0.889. The summed E-state index contributed by atoms with van der Waals surface area (Å²) >= 11 is 0. The van der Waals surface area contributed by atoms with E-state index in [9.17, 15) is 9.18 Å². The number of H-pyrrole nitrogens is 1. The maximum atomic E-state index is 13.7. The summed E-state index contributed by atoms with van der Waals surface area (Å²) in [6.45, 7) is 2.87. The Hall–Kier alpha value is -3.38. The summed E-state index contributed by atoms with van der Waals surface area (Å²) in [6.07, 6.45) is 6.08. The Labute approximate surface area is 185 Å². The van der Waals surface area contributed by atoms with Crippen molar-refractivity contribution < 1.29 is 9.13 Å². The fraction of sp³-hybridized carbons (Fsp3) is 0.269. The molecule has 5 nitrogen and oxygen atoms in total. The molecular weight excluding hydrogens is 405 g/mol. The Balaban J connectivity index is 1.40. The minimum atomic E-state index is -0.223. The second-order valence-corrected chi connectivity index (χ2v) is 8.81. The van der Waals surface area contributed by atoms with E-state index in [-0.39, 0.29) is 11.4 Å². The average molecular weight is 429 g/mol. The molecule has 2 aromatic carbocycles. The Bertz CT molecular complexity index is 1370. The highest BCUT2D eigenvalue weighted by Crippen LogP contribution is 2.47. The number of halogens is 1. The van der Waals surface area contributed by atoms with Gasteiger partial charge in [0.2, 0.25) is 5.56 Å². The van der Waals surface area contributed by atoms with Crippen LogP contribution in [-0.2, 0) is 13.1 Å². The molecule has 2 aromatic heterocycles. The molecule has 32 heavy (non-hydrogen) atoms. The van der Waals surface area contributed by atoms with Crippen LogP contribution < -0.4 is 10.3 Å². The number of fused-ring (bicyclic) bond motifs is 2. The average Bonchev–Trinajstić information content (AvgIpc) is 3.56. The molecule has 6 rings (SSSR count).